The number of hydrogen-bond acceptors (Lipinski definition) is 3. The molecule has 4 nitrogen and oxygen atoms in total. The van der Waals surface area contributed by atoms with Gasteiger partial charge in [0.25, 0.3) is 0 Å². The largest absolute Gasteiger partial charge is 0.411 e. The van der Waals surface area contributed by atoms with Crippen molar-refractivity contribution in [3.05, 3.63) is 0 Å². The molecule has 1 aliphatic rings. The van der Waals surface area contributed by atoms with Gasteiger partial charge in [-0.3, -0.25) is 4.79 Å². The summed E-state index contributed by atoms with van der Waals surface area (Å²) in [6, 6.07) is 0. The van der Waals surface area contributed by atoms with Crippen molar-refractivity contribution in [3.8, 4) is 0 Å². The fraction of sp³-hybridized carbons (Fsp3) is 0.818. The second kappa shape index (κ2) is 6.43. The molecule has 1 aliphatic carbocycles. The van der Waals surface area contributed by atoms with E-state index in [9.17, 15) is 4.79 Å². The molecule has 1 fully saturated rings. The molecular weight excluding hydrogens is 192 g/mol. The van der Waals surface area contributed by atoms with Crippen LogP contribution in [0.4, 0.5) is 0 Å². The van der Waals surface area contributed by atoms with Gasteiger partial charge in [-0.2, -0.15) is 0 Å². The molecule has 0 radical (unpaired) electrons. The molecule has 1 saturated carbocycles. The van der Waals surface area contributed by atoms with Gasteiger partial charge in [0.05, 0.1) is 12.1 Å². The third-order valence-electron chi connectivity index (χ3n) is 2.99. The number of rotatable bonds is 4. The van der Waals surface area contributed by atoms with E-state index in [2.05, 4.69) is 10.5 Å². The third kappa shape index (κ3) is 4.32. The summed E-state index contributed by atoms with van der Waals surface area (Å²) in [6.45, 7) is 2.48. The van der Waals surface area contributed by atoms with Crippen LogP contribution in [0.5, 0.6) is 0 Å². The van der Waals surface area contributed by atoms with E-state index in [0.717, 1.165) is 6.54 Å². The summed E-state index contributed by atoms with van der Waals surface area (Å²) in [5, 5.41) is 14.1. The van der Waals surface area contributed by atoms with Crippen molar-refractivity contribution in [2.45, 2.75) is 39.0 Å². The van der Waals surface area contributed by atoms with E-state index in [1.54, 1.807) is 6.92 Å². The highest BCUT2D eigenvalue weighted by atomic mass is 16.4. The minimum absolute atomic E-state index is 0.0571. The number of carbonyl (C=O) groups excluding carboxylic acids is 1. The zero-order chi connectivity index (χ0) is 11.1. The van der Waals surface area contributed by atoms with Crippen LogP contribution in [0, 0.1) is 11.8 Å². The Morgan fingerprint density at radius 1 is 1.53 bits per heavy atom. The summed E-state index contributed by atoms with van der Waals surface area (Å²) in [5.41, 5.74) is 0. The van der Waals surface area contributed by atoms with E-state index in [1.165, 1.54) is 38.3 Å². The Morgan fingerprint density at radius 3 is 2.80 bits per heavy atom. The molecule has 0 spiro atoms. The monoisotopic (exact) mass is 212 g/mol. The Bertz CT molecular complexity index is 223. The smallest absolute Gasteiger partial charge is 0.228 e. The third-order valence-corrected chi connectivity index (χ3v) is 2.99. The van der Waals surface area contributed by atoms with Crippen LogP contribution < -0.4 is 5.32 Å². The Balaban J connectivity index is 2.20. The Morgan fingerprint density at radius 2 is 2.20 bits per heavy atom. The molecule has 0 bridgehead atoms. The number of nitrogens with zero attached hydrogens (tertiary/aromatic N) is 1. The molecule has 0 aromatic heterocycles. The lowest BCUT2D eigenvalue weighted by molar-refractivity contribution is -0.122. The lowest BCUT2D eigenvalue weighted by Crippen LogP contribution is -2.34. The van der Waals surface area contributed by atoms with Gasteiger partial charge in [-0.15, -0.1) is 5.16 Å². The van der Waals surface area contributed by atoms with E-state index in [-0.39, 0.29) is 11.8 Å². The minimum Gasteiger partial charge on any atom is -0.411 e. The maximum Gasteiger partial charge on any atom is 0.228 e. The molecule has 1 amide bonds. The molecule has 0 aromatic rings. The van der Waals surface area contributed by atoms with E-state index < -0.39 is 0 Å². The van der Waals surface area contributed by atoms with Gasteiger partial charge in [-0.25, -0.2) is 0 Å². The van der Waals surface area contributed by atoms with Gasteiger partial charge in [0, 0.05) is 6.54 Å². The molecule has 0 saturated heterocycles. The van der Waals surface area contributed by atoms with E-state index >= 15 is 0 Å². The number of nitrogens with one attached hydrogen (secondary N) is 1. The zero-order valence-electron chi connectivity index (χ0n) is 9.28. The molecule has 4 heteroatoms. The average molecular weight is 212 g/mol. The normalized spacial score (nSPS) is 20.3. The fourth-order valence-electron chi connectivity index (χ4n) is 1.96. The predicted octanol–water partition coefficient (Wildman–Crippen LogP) is 1.78. The predicted molar refractivity (Wildman–Crippen MR) is 59.0 cm³/mol. The number of carbonyl (C=O) groups is 1. The number of amides is 1. The highest BCUT2D eigenvalue weighted by molar-refractivity contribution is 5.92. The van der Waals surface area contributed by atoms with Crippen LogP contribution in [0.2, 0.25) is 0 Å². The van der Waals surface area contributed by atoms with Crippen LogP contribution in [0.25, 0.3) is 0 Å². The van der Waals surface area contributed by atoms with Crippen LogP contribution in [0.3, 0.4) is 0 Å². The number of hydrogen-bond donors (Lipinski definition) is 2. The maximum atomic E-state index is 11.5. The molecule has 15 heavy (non-hydrogen) atoms. The van der Waals surface area contributed by atoms with E-state index in [1.807, 2.05) is 0 Å². The van der Waals surface area contributed by atoms with Crippen molar-refractivity contribution < 1.29 is 10.0 Å². The van der Waals surface area contributed by atoms with Crippen LogP contribution in [0.1, 0.15) is 39.0 Å². The van der Waals surface area contributed by atoms with Crippen molar-refractivity contribution in [2.24, 2.45) is 17.0 Å². The standard InChI is InChI=1S/C11H20N2O2/c1-9(7-13-15)11(14)12-8-10-5-3-2-4-6-10/h7,9-10,15H,2-6,8H2,1H3,(H,12,14)/b13-7+. The van der Waals surface area contributed by atoms with Gasteiger partial charge in [0.2, 0.25) is 5.91 Å². The Hall–Kier alpha value is -1.06. The molecule has 0 heterocycles. The lowest BCUT2D eigenvalue weighted by atomic mass is 9.89. The fourth-order valence-corrected chi connectivity index (χ4v) is 1.96. The minimum atomic E-state index is -0.349. The quantitative estimate of drug-likeness (QED) is 0.424. The summed E-state index contributed by atoms with van der Waals surface area (Å²) < 4.78 is 0. The lowest BCUT2D eigenvalue weighted by Gasteiger charge is -2.22. The summed E-state index contributed by atoms with van der Waals surface area (Å²) in [4.78, 5) is 11.5. The van der Waals surface area contributed by atoms with Crippen molar-refractivity contribution in [3.63, 3.8) is 0 Å². The van der Waals surface area contributed by atoms with Crippen molar-refractivity contribution in [2.75, 3.05) is 6.54 Å². The molecule has 86 valence electrons. The topological polar surface area (TPSA) is 61.7 Å². The summed E-state index contributed by atoms with van der Waals surface area (Å²) in [5.74, 6) is 0.234. The van der Waals surface area contributed by atoms with Crippen LogP contribution in [-0.2, 0) is 4.79 Å². The van der Waals surface area contributed by atoms with Gasteiger partial charge >= 0.3 is 0 Å². The van der Waals surface area contributed by atoms with Gasteiger partial charge < -0.3 is 10.5 Å². The Labute approximate surface area is 90.7 Å². The Kier molecular flexibility index (Phi) is 5.15. The number of oxime groups is 1. The SMILES string of the molecule is CC(/C=N/O)C(=O)NCC1CCCCC1. The zero-order valence-corrected chi connectivity index (χ0v) is 9.28. The highest BCUT2D eigenvalue weighted by Crippen LogP contribution is 2.22. The molecule has 1 unspecified atom stereocenters. The molecule has 2 N–H and O–H groups in total. The highest BCUT2D eigenvalue weighted by Gasteiger charge is 2.16. The van der Waals surface area contributed by atoms with Crippen molar-refractivity contribution in [1.82, 2.24) is 5.32 Å². The van der Waals surface area contributed by atoms with Gasteiger partial charge in [0.15, 0.2) is 0 Å². The molecule has 1 rings (SSSR count). The first-order valence-electron chi connectivity index (χ1n) is 5.69. The summed E-state index contributed by atoms with van der Waals surface area (Å²) in [6.07, 6.45) is 7.60. The van der Waals surface area contributed by atoms with E-state index in [4.69, 9.17) is 5.21 Å². The summed E-state index contributed by atoms with van der Waals surface area (Å²) >= 11 is 0. The van der Waals surface area contributed by atoms with Crippen LogP contribution >= 0.6 is 0 Å². The molecule has 0 aromatic carbocycles. The van der Waals surface area contributed by atoms with Crippen LogP contribution in [0.15, 0.2) is 5.16 Å². The second-order valence-electron chi connectivity index (χ2n) is 4.30. The maximum absolute atomic E-state index is 11.5. The average Bonchev–Trinajstić information content (AvgIpc) is 2.27. The first-order chi connectivity index (χ1) is 7.24. The van der Waals surface area contributed by atoms with Gasteiger partial charge in [-0.05, 0) is 25.7 Å². The molecule has 0 aliphatic heterocycles. The van der Waals surface area contributed by atoms with Gasteiger partial charge in [-0.1, -0.05) is 19.3 Å². The first kappa shape index (κ1) is 12.0. The van der Waals surface area contributed by atoms with E-state index in [0.29, 0.717) is 5.92 Å². The van der Waals surface area contributed by atoms with Crippen LogP contribution in [-0.4, -0.2) is 23.9 Å². The first-order valence-corrected chi connectivity index (χ1v) is 5.69. The van der Waals surface area contributed by atoms with Crippen molar-refractivity contribution in [1.29, 1.82) is 0 Å². The van der Waals surface area contributed by atoms with Crippen molar-refractivity contribution >= 4 is 12.1 Å². The second-order valence-corrected chi connectivity index (χ2v) is 4.30. The van der Waals surface area contributed by atoms with Gasteiger partial charge in [0.1, 0.15) is 0 Å². The molecular formula is C11H20N2O2. The summed E-state index contributed by atoms with van der Waals surface area (Å²) in [7, 11) is 0. The molecule has 1 atom stereocenters.